The minimum atomic E-state index is -1.76. The van der Waals surface area contributed by atoms with Crippen molar-refractivity contribution >= 4 is 5.78 Å². The minimum absolute atomic E-state index is 0.0439. The highest BCUT2D eigenvalue weighted by molar-refractivity contribution is 6.17. The molecule has 0 saturated heterocycles. The number of hydrogen-bond donors (Lipinski definition) is 0. The molecule has 4 rings (SSSR count). The van der Waals surface area contributed by atoms with Gasteiger partial charge in [0, 0.05) is 22.3 Å². The molecule has 158 valence electrons. The quantitative estimate of drug-likeness (QED) is 0.273. The Morgan fingerprint density at radius 3 is 1.58 bits per heavy atom. The fraction of sp³-hybridized carbons (Fsp3) is 0. The Hall–Kier alpha value is -4.68. The number of rotatable bonds is 4. The number of carbonyl (C=O) groups excluding carboxylic acids is 1. The van der Waals surface area contributed by atoms with Crippen LogP contribution in [0.2, 0.25) is 0 Å². The zero-order valence-electron chi connectivity index (χ0n) is 16.9. The number of benzene rings is 4. The van der Waals surface area contributed by atoms with Crippen LogP contribution in [0.15, 0.2) is 78.9 Å². The number of nitriles is 2. The van der Waals surface area contributed by atoms with E-state index in [4.69, 9.17) is 0 Å². The predicted molar refractivity (Wildman–Crippen MR) is 116 cm³/mol. The van der Waals surface area contributed by atoms with Crippen LogP contribution < -0.4 is 0 Å². The maximum Gasteiger partial charge on any atom is 0.195 e. The van der Waals surface area contributed by atoms with Crippen LogP contribution in [-0.2, 0) is 0 Å². The number of halogens is 3. The molecule has 0 atom stereocenters. The lowest BCUT2D eigenvalue weighted by atomic mass is 9.85. The molecule has 0 fully saturated rings. The Bertz CT molecular complexity index is 1400. The molecule has 4 aromatic carbocycles. The summed E-state index contributed by atoms with van der Waals surface area (Å²) in [7, 11) is 0. The summed E-state index contributed by atoms with van der Waals surface area (Å²) >= 11 is 0. The summed E-state index contributed by atoms with van der Waals surface area (Å²) in [6.07, 6.45) is 0. The molecular weight excluding hydrogens is 425 g/mol. The van der Waals surface area contributed by atoms with Crippen molar-refractivity contribution in [3.8, 4) is 34.4 Å². The molecule has 3 nitrogen and oxygen atoms in total. The van der Waals surface area contributed by atoms with Crippen LogP contribution in [0.1, 0.15) is 27.0 Å². The van der Waals surface area contributed by atoms with Gasteiger partial charge in [0.05, 0.1) is 23.3 Å². The second kappa shape index (κ2) is 8.82. The van der Waals surface area contributed by atoms with Crippen molar-refractivity contribution in [3.05, 3.63) is 119 Å². The van der Waals surface area contributed by atoms with E-state index in [-0.39, 0.29) is 27.8 Å². The van der Waals surface area contributed by atoms with Gasteiger partial charge in [-0.25, -0.2) is 13.2 Å². The standard InChI is InChI=1S/C27H13F3N2O/c28-24-21(19-10-4-6-16(12-19)14-31)23(27(33)18-8-2-1-3-9-18)22(25(29)26(24)30)20-11-5-7-17(13-20)15-32/h1-13H. The predicted octanol–water partition coefficient (Wildman–Crippen LogP) is 6.41. The van der Waals surface area contributed by atoms with Gasteiger partial charge in [0.25, 0.3) is 0 Å². The lowest BCUT2D eigenvalue weighted by molar-refractivity contribution is 0.103. The van der Waals surface area contributed by atoms with E-state index in [1.807, 2.05) is 12.1 Å². The van der Waals surface area contributed by atoms with Gasteiger partial charge < -0.3 is 0 Å². The molecule has 0 bridgehead atoms. The first kappa shape index (κ1) is 21.5. The minimum Gasteiger partial charge on any atom is -0.289 e. The summed E-state index contributed by atoms with van der Waals surface area (Å²) in [6.45, 7) is 0. The van der Waals surface area contributed by atoms with E-state index in [2.05, 4.69) is 0 Å². The van der Waals surface area contributed by atoms with Crippen LogP contribution in [0.25, 0.3) is 22.3 Å². The second-order valence-electron chi connectivity index (χ2n) is 7.15. The second-order valence-corrected chi connectivity index (χ2v) is 7.15. The molecule has 0 aliphatic carbocycles. The fourth-order valence-electron chi connectivity index (χ4n) is 3.65. The monoisotopic (exact) mass is 438 g/mol. The lowest BCUT2D eigenvalue weighted by Crippen LogP contribution is -2.12. The van der Waals surface area contributed by atoms with E-state index in [1.54, 1.807) is 18.2 Å². The number of nitrogens with zero attached hydrogens (tertiary/aromatic N) is 2. The Kier molecular flexibility index (Phi) is 5.76. The first-order valence-electron chi connectivity index (χ1n) is 9.77. The van der Waals surface area contributed by atoms with E-state index in [1.165, 1.54) is 60.7 Å². The SMILES string of the molecule is N#Cc1cccc(-c2c(F)c(F)c(F)c(-c3cccc(C#N)c3)c2C(=O)c2ccccc2)c1. The van der Waals surface area contributed by atoms with Crippen molar-refractivity contribution in [3.63, 3.8) is 0 Å². The lowest BCUT2D eigenvalue weighted by Gasteiger charge is -2.18. The van der Waals surface area contributed by atoms with Gasteiger partial charge >= 0.3 is 0 Å². The molecule has 0 radical (unpaired) electrons. The van der Waals surface area contributed by atoms with Crippen LogP contribution in [0, 0.1) is 40.1 Å². The first-order valence-corrected chi connectivity index (χ1v) is 9.77. The summed E-state index contributed by atoms with van der Waals surface area (Å²) < 4.78 is 45.4. The van der Waals surface area contributed by atoms with Crippen molar-refractivity contribution in [1.29, 1.82) is 10.5 Å². The third kappa shape index (κ3) is 3.86. The Morgan fingerprint density at radius 1 is 0.636 bits per heavy atom. The molecule has 0 saturated carbocycles. The molecule has 4 aromatic rings. The molecule has 0 aromatic heterocycles. The van der Waals surface area contributed by atoms with E-state index in [9.17, 15) is 19.7 Å². The normalized spacial score (nSPS) is 10.3. The molecule has 0 aliphatic rings. The van der Waals surface area contributed by atoms with Crippen molar-refractivity contribution < 1.29 is 18.0 Å². The molecule has 0 N–H and O–H groups in total. The van der Waals surface area contributed by atoms with Gasteiger partial charge in [-0.2, -0.15) is 10.5 Å². The van der Waals surface area contributed by atoms with Gasteiger partial charge in [0.1, 0.15) is 0 Å². The van der Waals surface area contributed by atoms with Crippen LogP contribution >= 0.6 is 0 Å². The van der Waals surface area contributed by atoms with Gasteiger partial charge in [-0.05, 0) is 35.4 Å². The molecule has 0 amide bonds. The molecule has 6 heteroatoms. The Labute approximate surface area is 187 Å². The van der Waals surface area contributed by atoms with E-state index < -0.39 is 39.9 Å². The third-order valence-electron chi connectivity index (χ3n) is 5.15. The van der Waals surface area contributed by atoms with Crippen molar-refractivity contribution in [2.75, 3.05) is 0 Å². The molecule has 0 unspecified atom stereocenters. The van der Waals surface area contributed by atoms with Gasteiger partial charge in [-0.3, -0.25) is 4.79 Å². The summed E-state index contributed by atoms with van der Waals surface area (Å²) in [5, 5.41) is 18.5. The topological polar surface area (TPSA) is 64.7 Å². The highest BCUT2D eigenvalue weighted by Gasteiger charge is 2.31. The van der Waals surface area contributed by atoms with Crippen LogP contribution in [0.4, 0.5) is 13.2 Å². The molecule has 33 heavy (non-hydrogen) atoms. The largest absolute Gasteiger partial charge is 0.289 e. The highest BCUT2D eigenvalue weighted by Crippen LogP contribution is 2.40. The third-order valence-corrected chi connectivity index (χ3v) is 5.15. The van der Waals surface area contributed by atoms with Gasteiger partial charge in [-0.1, -0.05) is 54.6 Å². The average Bonchev–Trinajstić information content (AvgIpc) is 2.87. The van der Waals surface area contributed by atoms with Gasteiger partial charge in [0.2, 0.25) is 0 Å². The van der Waals surface area contributed by atoms with Gasteiger partial charge in [-0.15, -0.1) is 0 Å². The summed E-state index contributed by atoms with van der Waals surface area (Å²) in [5.74, 6) is -5.57. The smallest absolute Gasteiger partial charge is 0.195 e. The van der Waals surface area contributed by atoms with Crippen LogP contribution in [-0.4, -0.2) is 5.78 Å². The molecule has 0 heterocycles. The van der Waals surface area contributed by atoms with Crippen LogP contribution in [0.5, 0.6) is 0 Å². The summed E-state index contributed by atoms with van der Waals surface area (Å²) in [6, 6.07) is 22.9. The number of carbonyl (C=O) groups is 1. The fourth-order valence-corrected chi connectivity index (χ4v) is 3.65. The van der Waals surface area contributed by atoms with E-state index >= 15 is 8.78 Å². The molecular formula is C27H13F3N2O. The van der Waals surface area contributed by atoms with E-state index in [0.717, 1.165) is 0 Å². The molecule has 0 aliphatic heterocycles. The maximum atomic E-state index is 15.3. The van der Waals surface area contributed by atoms with Crippen LogP contribution in [0.3, 0.4) is 0 Å². The average molecular weight is 438 g/mol. The Morgan fingerprint density at radius 2 is 1.12 bits per heavy atom. The molecule has 0 spiro atoms. The zero-order chi connectivity index (χ0) is 23.5. The van der Waals surface area contributed by atoms with Gasteiger partial charge in [0.15, 0.2) is 23.2 Å². The highest BCUT2D eigenvalue weighted by atomic mass is 19.2. The van der Waals surface area contributed by atoms with E-state index in [0.29, 0.717) is 0 Å². The van der Waals surface area contributed by atoms with Crippen molar-refractivity contribution in [2.24, 2.45) is 0 Å². The number of ketones is 1. The summed E-state index contributed by atoms with van der Waals surface area (Å²) in [4.78, 5) is 13.6. The maximum absolute atomic E-state index is 15.3. The van der Waals surface area contributed by atoms with Crippen molar-refractivity contribution in [2.45, 2.75) is 0 Å². The van der Waals surface area contributed by atoms with Crippen molar-refractivity contribution in [1.82, 2.24) is 0 Å². The summed E-state index contributed by atoms with van der Waals surface area (Å²) in [5.41, 5.74) is -0.786. The Balaban J connectivity index is 2.16. The first-order chi connectivity index (χ1) is 16.0. The zero-order valence-corrected chi connectivity index (χ0v) is 16.9. The number of hydrogen-bond acceptors (Lipinski definition) is 3.